The minimum atomic E-state index is -4.09. The predicted molar refractivity (Wildman–Crippen MR) is 114 cm³/mol. The molecule has 0 saturated carbocycles. The third-order valence-electron chi connectivity index (χ3n) is 3.78. The molecule has 8 nitrogen and oxygen atoms in total. The SMILES string of the molecule is CNS(=O)(=O)c1cc(C2=NOS(=O)N2C)c(Nc2ccc(I)cc2Cl)cc1F. The summed E-state index contributed by atoms with van der Waals surface area (Å²) in [5.74, 6) is -0.916. The maximum Gasteiger partial charge on any atom is 0.341 e. The van der Waals surface area contributed by atoms with E-state index < -0.39 is 32.0 Å². The Hall–Kier alpha value is -1.48. The van der Waals surface area contributed by atoms with Gasteiger partial charge in [-0.15, -0.1) is 0 Å². The summed E-state index contributed by atoms with van der Waals surface area (Å²) in [5, 5.41) is 7.06. The molecule has 150 valence electrons. The van der Waals surface area contributed by atoms with Gasteiger partial charge in [0.2, 0.25) is 10.0 Å². The lowest BCUT2D eigenvalue weighted by Gasteiger charge is -2.17. The van der Waals surface area contributed by atoms with E-state index in [0.29, 0.717) is 10.7 Å². The van der Waals surface area contributed by atoms with Crippen molar-refractivity contribution in [2.75, 3.05) is 19.4 Å². The fraction of sp³-hybridized carbons (Fsp3) is 0.133. The molecule has 3 rings (SSSR count). The highest BCUT2D eigenvalue weighted by atomic mass is 127. The lowest BCUT2D eigenvalue weighted by atomic mass is 10.1. The van der Waals surface area contributed by atoms with Crippen LogP contribution >= 0.6 is 34.2 Å². The van der Waals surface area contributed by atoms with Crippen molar-refractivity contribution in [3.63, 3.8) is 0 Å². The summed E-state index contributed by atoms with van der Waals surface area (Å²) < 4.78 is 59.6. The van der Waals surface area contributed by atoms with E-state index in [1.54, 1.807) is 18.2 Å². The van der Waals surface area contributed by atoms with E-state index >= 15 is 0 Å². The molecule has 0 spiro atoms. The number of sulfonamides is 1. The van der Waals surface area contributed by atoms with Crippen LogP contribution in [0.25, 0.3) is 0 Å². The average Bonchev–Trinajstić information content (AvgIpc) is 2.96. The summed E-state index contributed by atoms with van der Waals surface area (Å²) in [5.41, 5.74) is 0.803. The third-order valence-corrected chi connectivity index (χ3v) is 7.02. The first kappa shape index (κ1) is 21.2. The molecule has 1 aliphatic rings. The minimum absolute atomic E-state index is 0.0648. The van der Waals surface area contributed by atoms with Gasteiger partial charge in [0.15, 0.2) is 5.84 Å². The highest BCUT2D eigenvalue weighted by Gasteiger charge is 2.30. The maximum absolute atomic E-state index is 14.6. The van der Waals surface area contributed by atoms with Crippen molar-refractivity contribution in [3.05, 3.63) is 50.3 Å². The summed E-state index contributed by atoms with van der Waals surface area (Å²) in [6.07, 6.45) is 0. The number of oxime groups is 1. The van der Waals surface area contributed by atoms with Crippen molar-refractivity contribution < 1.29 is 21.3 Å². The normalized spacial score (nSPS) is 16.7. The molecule has 0 aromatic heterocycles. The van der Waals surface area contributed by atoms with Crippen LogP contribution in [0.5, 0.6) is 0 Å². The van der Waals surface area contributed by atoms with E-state index in [1.165, 1.54) is 18.4 Å². The molecular weight excluding hydrogens is 546 g/mol. The van der Waals surface area contributed by atoms with Crippen LogP contribution in [0.15, 0.2) is 40.4 Å². The highest BCUT2D eigenvalue weighted by molar-refractivity contribution is 14.1. The van der Waals surface area contributed by atoms with Crippen molar-refractivity contribution in [2.45, 2.75) is 4.90 Å². The number of hydrogen-bond acceptors (Lipinski definition) is 6. The fourth-order valence-corrected chi connectivity index (χ4v) is 4.58. The molecule has 1 aliphatic heterocycles. The standard InChI is InChI=1S/C15H13ClFIN4O4S2/c1-19-28(24,25)14-6-9(15-21-26-27(23)22(15)2)13(7-11(14)17)20-12-4-3-8(18)5-10(12)16/h3-7,19-20H,1-2H3. The van der Waals surface area contributed by atoms with Gasteiger partial charge in [-0.1, -0.05) is 11.6 Å². The number of nitrogens with one attached hydrogen (secondary N) is 2. The van der Waals surface area contributed by atoms with Gasteiger partial charge in [0.25, 0.3) is 0 Å². The van der Waals surface area contributed by atoms with Gasteiger partial charge >= 0.3 is 11.3 Å². The maximum atomic E-state index is 14.6. The van der Waals surface area contributed by atoms with Crippen molar-refractivity contribution >= 4 is 72.7 Å². The molecule has 0 bridgehead atoms. The number of anilines is 2. The van der Waals surface area contributed by atoms with Crippen LogP contribution < -0.4 is 10.0 Å². The van der Waals surface area contributed by atoms with E-state index in [9.17, 15) is 17.0 Å². The Morgan fingerprint density at radius 1 is 1.29 bits per heavy atom. The molecule has 0 saturated heterocycles. The first-order chi connectivity index (χ1) is 13.1. The molecular formula is C15H13ClFIN4O4S2. The van der Waals surface area contributed by atoms with E-state index in [-0.39, 0.29) is 17.1 Å². The van der Waals surface area contributed by atoms with Crippen LogP contribution in [0.1, 0.15) is 5.56 Å². The largest absolute Gasteiger partial charge is 0.354 e. The molecule has 28 heavy (non-hydrogen) atoms. The van der Waals surface area contributed by atoms with Gasteiger partial charge in [-0.05, 0) is 65.1 Å². The first-order valence-corrected chi connectivity index (χ1v) is 11.5. The molecule has 2 N–H and O–H groups in total. The lowest BCUT2D eigenvalue weighted by Crippen LogP contribution is -2.26. The molecule has 2 aromatic rings. The Bertz CT molecular complexity index is 1110. The summed E-state index contributed by atoms with van der Waals surface area (Å²) >= 11 is 6.45. The van der Waals surface area contributed by atoms with Crippen LogP contribution in [-0.4, -0.2) is 36.9 Å². The lowest BCUT2D eigenvalue weighted by molar-refractivity contribution is 0.380. The van der Waals surface area contributed by atoms with E-state index in [0.717, 1.165) is 15.7 Å². The number of hydrogen-bond donors (Lipinski definition) is 2. The first-order valence-electron chi connectivity index (χ1n) is 7.54. The minimum Gasteiger partial charge on any atom is -0.354 e. The van der Waals surface area contributed by atoms with Gasteiger partial charge in [0, 0.05) is 16.2 Å². The number of benzene rings is 2. The van der Waals surface area contributed by atoms with Crippen LogP contribution in [0.3, 0.4) is 0 Å². The predicted octanol–water partition coefficient (Wildman–Crippen LogP) is 2.94. The van der Waals surface area contributed by atoms with Crippen LogP contribution in [0.4, 0.5) is 15.8 Å². The Morgan fingerprint density at radius 3 is 2.57 bits per heavy atom. The quantitative estimate of drug-likeness (QED) is 0.550. The van der Waals surface area contributed by atoms with Gasteiger partial charge in [-0.2, -0.15) is 4.21 Å². The Labute approximate surface area is 182 Å². The summed E-state index contributed by atoms with van der Waals surface area (Å²) in [4.78, 5) is -0.585. The topological polar surface area (TPSA) is 100 Å². The van der Waals surface area contributed by atoms with Crippen LogP contribution in [0, 0.1) is 9.39 Å². The Balaban J connectivity index is 2.18. The molecule has 1 unspecified atom stereocenters. The van der Waals surface area contributed by atoms with Crippen molar-refractivity contribution in [2.24, 2.45) is 5.16 Å². The fourth-order valence-electron chi connectivity index (χ4n) is 2.36. The molecule has 1 heterocycles. The Kier molecular flexibility index (Phi) is 6.14. The highest BCUT2D eigenvalue weighted by Crippen LogP contribution is 2.33. The monoisotopic (exact) mass is 558 g/mol. The number of nitrogens with zero attached hydrogens (tertiary/aromatic N) is 2. The number of rotatable bonds is 5. The smallest absolute Gasteiger partial charge is 0.341 e. The van der Waals surface area contributed by atoms with Crippen molar-refractivity contribution in [3.8, 4) is 0 Å². The van der Waals surface area contributed by atoms with Crippen molar-refractivity contribution in [1.29, 1.82) is 0 Å². The summed E-state index contributed by atoms with van der Waals surface area (Å²) in [7, 11) is -1.47. The molecule has 13 heteroatoms. The van der Waals surface area contributed by atoms with Gasteiger partial charge in [-0.3, -0.25) is 4.28 Å². The molecule has 0 fully saturated rings. The third kappa shape index (κ3) is 4.10. The second kappa shape index (κ2) is 8.10. The summed E-state index contributed by atoms with van der Waals surface area (Å²) in [6.45, 7) is 0. The summed E-state index contributed by atoms with van der Waals surface area (Å²) in [6, 6.07) is 7.29. The second-order valence-electron chi connectivity index (χ2n) is 5.49. The number of amidine groups is 1. The average molecular weight is 559 g/mol. The van der Waals surface area contributed by atoms with E-state index in [4.69, 9.17) is 15.9 Å². The van der Waals surface area contributed by atoms with E-state index in [1.807, 2.05) is 0 Å². The number of halogens is 3. The van der Waals surface area contributed by atoms with E-state index in [2.05, 4.69) is 37.8 Å². The van der Waals surface area contributed by atoms with Gasteiger partial charge in [0.1, 0.15) is 10.7 Å². The Morgan fingerprint density at radius 2 is 2.00 bits per heavy atom. The van der Waals surface area contributed by atoms with Crippen LogP contribution in [0.2, 0.25) is 5.02 Å². The zero-order valence-corrected chi connectivity index (χ0v) is 18.9. The zero-order chi connectivity index (χ0) is 20.6. The van der Waals surface area contributed by atoms with Crippen LogP contribution in [-0.2, 0) is 25.6 Å². The van der Waals surface area contributed by atoms with Gasteiger partial charge < -0.3 is 5.32 Å². The second-order valence-corrected chi connectivity index (χ2v) is 10.1. The molecule has 0 radical (unpaired) electrons. The molecule has 2 aromatic carbocycles. The molecule has 0 aliphatic carbocycles. The van der Waals surface area contributed by atoms with Gasteiger partial charge in [-0.25, -0.2) is 21.8 Å². The molecule has 1 atom stereocenters. The zero-order valence-electron chi connectivity index (χ0n) is 14.4. The molecule has 0 amide bonds. The van der Waals surface area contributed by atoms with Gasteiger partial charge in [0.05, 0.1) is 16.4 Å². The van der Waals surface area contributed by atoms with Crippen molar-refractivity contribution in [1.82, 2.24) is 9.03 Å².